The van der Waals surface area contributed by atoms with E-state index in [1.807, 2.05) is 11.9 Å². The lowest BCUT2D eigenvalue weighted by Crippen LogP contribution is -2.07. The van der Waals surface area contributed by atoms with E-state index in [0.717, 1.165) is 16.9 Å². The Morgan fingerprint density at radius 3 is 2.55 bits per heavy atom. The van der Waals surface area contributed by atoms with Crippen molar-refractivity contribution in [3.63, 3.8) is 0 Å². The Bertz CT molecular complexity index is 803. The molecule has 0 atom stereocenters. The zero-order valence-corrected chi connectivity index (χ0v) is 12.3. The van der Waals surface area contributed by atoms with Crippen molar-refractivity contribution in [1.29, 1.82) is 0 Å². The van der Waals surface area contributed by atoms with Crippen LogP contribution in [0, 0.1) is 11.6 Å². The summed E-state index contributed by atoms with van der Waals surface area (Å²) in [5.41, 5.74) is 6.34. The van der Waals surface area contributed by atoms with Crippen LogP contribution in [0.15, 0.2) is 36.7 Å². The number of thiazole rings is 1. The van der Waals surface area contributed by atoms with Gasteiger partial charge in [0.1, 0.15) is 21.5 Å². The lowest BCUT2D eigenvalue weighted by Gasteiger charge is -2.16. The van der Waals surface area contributed by atoms with Crippen LogP contribution in [0.2, 0.25) is 0 Å². The Morgan fingerprint density at radius 2 is 1.82 bits per heavy atom. The van der Waals surface area contributed by atoms with Crippen molar-refractivity contribution in [1.82, 2.24) is 15.0 Å². The molecule has 0 fully saturated rings. The van der Waals surface area contributed by atoms with Gasteiger partial charge in [-0.2, -0.15) is 0 Å². The second kappa shape index (κ2) is 5.64. The van der Waals surface area contributed by atoms with Gasteiger partial charge >= 0.3 is 0 Å². The summed E-state index contributed by atoms with van der Waals surface area (Å²) < 4.78 is 26.7. The van der Waals surface area contributed by atoms with Crippen LogP contribution in [0.25, 0.3) is 10.7 Å². The molecule has 8 heteroatoms. The zero-order valence-electron chi connectivity index (χ0n) is 11.5. The van der Waals surface area contributed by atoms with Gasteiger partial charge in [0.25, 0.3) is 0 Å². The predicted molar refractivity (Wildman–Crippen MR) is 82.0 cm³/mol. The number of hydrogen-bond acceptors (Lipinski definition) is 6. The molecule has 22 heavy (non-hydrogen) atoms. The van der Waals surface area contributed by atoms with E-state index < -0.39 is 5.82 Å². The number of halogens is 2. The van der Waals surface area contributed by atoms with Gasteiger partial charge < -0.3 is 10.6 Å². The van der Waals surface area contributed by atoms with E-state index in [-0.39, 0.29) is 17.5 Å². The van der Waals surface area contributed by atoms with E-state index in [2.05, 4.69) is 15.0 Å². The minimum absolute atomic E-state index is 0.0139. The molecule has 3 rings (SSSR count). The number of aromatic nitrogens is 3. The average Bonchev–Trinajstić information content (AvgIpc) is 2.99. The molecule has 0 saturated heterocycles. The molecular weight excluding hydrogens is 308 g/mol. The second-order valence-corrected chi connectivity index (χ2v) is 5.47. The molecule has 5 nitrogen and oxygen atoms in total. The van der Waals surface area contributed by atoms with E-state index in [1.165, 1.54) is 23.5 Å². The maximum Gasteiger partial charge on any atom is 0.220 e. The van der Waals surface area contributed by atoms with Gasteiger partial charge in [-0.1, -0.05) is 11.3 Å². The van der Waals surface area contributed by atoms with Crippen molar-refractivity contribution in [2.45, 2.75) is 0 Å². The van der Waals surface area contributed by atoms with Gasteiger partial charge in [-0.3, -0.25) is 0 Å². The number of hydrogen-bond donors (Lipinski definition) is 1. The van der Waals surface area contributed by atoms with Gasteiger partial charge in [0.15, 0.2) is 5.82 Å². The summed E-state index contributed by atoms with van der Waals surface area (Å²) in [7, 11) is 1.81. The van der Waals surface area contributed by atoms with Crippen molar-refractivity contribution < 1.29 is 8.78 Å². The standard InChI is InChI=1S/C14H11F2N5S/c1-21(9-4-2-8(15)3-5-9)11-7-18-13(22-11)12-10(16)6-19-14(17)20-12/h2-7H,1H3,(H2,17,19,20). The van der Waals surface area contributed by atoms with Crippen LogP contribution in [-0.4, -0.2) is 22.0 Å². The molecule has 1 aromatic carbocycles. The Balaban J connectivity index is 1.93. The quantitative estimate of drug-likeness (QED) is 0.803. The van der Waals surface area contributed by atoms with E-state index in [9.17, 15) is 8.78 Å². The van der Waals surface area contributed by atoms with Crippen molar-refractivity contribution in [2.75, 3.05) is 17.7 Å². The van der Waals surface area contributed by atoms with Crippen LogP contribution in [0.4, 0.5) is 25.4 Å². The number of nitrogen functional groups attached to an aromatic ring is 1. The van der Waals surface area contributed by atoms with E-state index >= 15 is 0 Å². The maximum absolute atomic E-state index is 13.8. The summed E-state index contributed by atoms with van der Waals surface area (Å²) in [6.45, 7) is 0. The van der Waals surface area contributed by atoms with Gasteiger partial charge in [0, 0.05) is 12.7 Å². The summed E-state index contributed by atoms with van der Waals surface area (Å²) in [6.07, 6.45) is 2.61. The monoisotopic (exact) mass is 319 g/mol. The topological polar surface area (TPSA) is 67.9 Å². The van der Waals surface area contributed by atoms with Crippen LogP contribution < -0.4 is 10.6 Å². The first-order valence-corrected chi connectivity index (χ1v) is 7.10. The van der Waals surface area contributed by atoms with Crippen molar-refractivity contribution in [3.05, 3.63) is 48.3 Å². The maximum atomic E-state index is 13.8. The zero-order chi connectivity index (χ0) is 15.7. The Morgan fingerprint density at radius 1 is 1.09 bits per heavy atom. The molecule has 0 amide bonds. The fourth-order valence-corrected chi connectivity index (χ4v) is 2.74. The first kappa shape index (κ1) is 14.3. The second-order valence-electron chi connectivity index (χ2n) is 4.46. The minimum Gasteiger partial charge on any atom is -0.368 e. The third-order valence-electron chi connectivity index (χ3n) is 3.00. The molecule has 0 radical (unpaired) electrons. The molecule has 2 aromatic heterocycles. The third-order valence-corrected chi connectivity index (χ3v) is 4.08. The lowest BCUT2D eigenvalue weighted by atomic mass is 10.3. The van der Waals surface area contributed by atoms with E-state index in [1.54, 1.807) is 18.3 Å². The van der Waals surface area contributed by atoms with E-state index in [4.69, 9.17) is 5.73 Å². The molecule has 0 aliphatic heterocycles. The van der Waals surface area contributed by atoms with Crippen molar-refractivity contribution in [2.24, 2.45) is 0 Å². The van der Waals surface area contributed by atoms with Crippen LogP contribution in [0.5, 0.6) is 0 Å². The lowest BCUT2D eigenvalue weighted by molar-refractivity contribution is 0.619. The third kappa shape index (κ3) is 2.73. The van der Waals surface area contributed by atoms with Gasteiger partial charge in [-0.15, -0.1) is 0 Å². The molecule has 0 bridgehead atoms. The van der Waals surface area contributed by atoms with Gasteiger partial charge in [0.05, 0.1) is 12.4 Å². The minimum atomic E-state index is -0.584. The molecule has 0 unspecified atom stereocenters. The predicted octanol–water partition coefficient (Wildman–Crippen LogP) is 3.23. The first-order valence-electron chi connectivity index (χ1n) is 6.28. The van der Waals surface area contributed by atoms with Crippen LogP contribution in [0.1, 0.15) is 0 Å². The SMILES string of the molecule is CN(c1ccc(F)cc1)c1cnc(-c2nc(N)ncc2F)s1. The largest absolute Gasteiger partial charge is 0.368 e. The molecule has 2 heterocycles. The smallest absolute Gasteiger partial charge is 0.220 e. The Hall–Kier alpha value is -2.61. The molecule has 0 spiro atoms. The Labute approximate surface area is 129 Å². The van der Waals surface area contributed by atoms with Crippen molar-refractivity contribution >= 4 is 28.0 Å². The fraction of sp³-hybridized carbons (Fsp3) is 0.0714. The van der Waals surface area contributed by atoms with Gasteiger partial charge in [0.2, 0.25) is 5.95 Å². The summed E-state index contributed by atoms with van der Waals surface area (Å²) in [5.74, 6) is -0.903. The molecule has 0 saturated carbocycles. The van der Waals surface area contributed by atoms with Crippen molar-refractivity contribution in [3.8, 4) is 10.7 Å². The molecule has 112 valence electrons. The number of anilines is 3. The highest BCUT2D eigenvalue weighted by molar-refractivity contribution is 7.19. The molecule has 3 aromatic rings. The van der Waals surface area contributed by atoms with Crippen LogP contribution >= 0.6 is 11.3 Å². The fourth-order valence-electron chi connectivity index (χ4n) is 1.85. The van der Waals surface area contributed by atoms with Gasteiger partial charge in [-0.05, 0) is 24.3 Å². The summed E-state index contributed by atoms with van der Waals surface area (Å²) in [5, 5.41) is 1.16. The highest BCUT2D eigenvalue weighted by Crippen LogP contribution is 2.34. The number of benzene rings is 1. The van der Waals surface area contributed by atoms with Crippen LogP contribution in [0.3, 0.4) is 0 Å². The average molecular weight is 319 g/mol. The van der Waals surface area contributed by atoms with Crippen LogP contribution in [-0.2, 0) is 0 Å². The number of nitrogens with two attached hydrogens (primary N) is 1. The molecular formula is C14H11F2N5S. The summed E-state index contributed by atoms with van der Waals surface area (Å²) >= 11 is 1.25. The molecule has 2 N–H and O–H groups in total. The number of rotatable bonds is 3. The van der Waals surface area contributed by atoms with Gasteiger partial charge in [-0.25, -0.2) is 23.7 Å². The number of nitrogens with zero attached hydrogens (tertiary/aromatic N) is 4. The summed E-state index contributed by atoms with van der Waals surface area (Å²) in [4.78, 5) is 13.4. The highest BCUT2D eigenvalue weighted by Gasteiger charge is 2.15. The molecule has 0 aliphatic rings. The Kier molecular flexibility index (Phi) is 3.68. The first-order chi connectivity index (χ1) is 10.5. The normalized spacial score (nSPS) is 10.7. The highest BCUT2D eigenvalue weighted by atomic mass is 32.1. The molecule has 0 aliphatic carbocycles. The van der Waals surface area contributed by atoms with E-state index in [0.29, 0.717) is 5.01 Å². The summed E-state index contributed by atoms with van der Waals surface area (Å²) in [6, 6.07) is 6.05.